The second kappa shape index (κ2) is 14.3. The van der Waals surface area contributed by atoms with Crippen molar-refractivity contribution in [3.05, 3.63) is 65.1 Å². The number of rotatable bonds is 7. The zero-order valence-electron chi connectivity index (χ0n) is 18.5. The number of aliphatic hydroxyl groups is 1. The van der Waals surface area contributed by atoms with Gasteiger partial charge in [-0.15, -0.1) is 34.9 Å². The summed E-state index contributed by atoms with van der Waals surface area (Å²) in [6.07, 6.45) is 14.7. The standard InChI is InChI=1S/C21H26N.C5H8O2.Ir/c1-2-3-4-5-9-17-14-15-21(22-16-17)20-13-8-11-18-10-6-7-12-19(18)20;1-4(6)3-5(2)7;/h8,11,14-16H,2-7,9-10,12H2,1H3;3,6H,1-2H3;/q-1;;/b;4-3-;. The Labute approximate surface area is 195 Å². The molecule has 1 aliphatic rings. The molecule has 1 radical (unpaired) electrons. The topological polar surface area (TPSA) is 50.2 Å². The number of aliphatic hydroxyl groups excluding tert-OH is 1. The summed E-state index contributed by atoms with van der Waals surface area (Å²) in [5.74, 6) is -0.0625. The molecule has 1 N–H and O–H groups in total. The van der Waals surface area contributed by atoms with Crippen molar-refractivity contribution in [1.29, 1.82) is 0 Å². The van der Waals surface area contributed by atoms with Crippen LogP contribution in [-0.2, 0) is 44.2 Å². The van der Waals surface area contributed by atoms with E-state index in [9.17, 15) is 4.79 Å². The van der Waals surface area contributed by atoms with Crippen LogP contribution in [-0.4, -0.2) is 15.9 Å². The van der Waals surface area contributed by atoms with Gasteiger partial charge in [-0.05, 0) is 44.4 Å². The van der Waals surface area contributed by atoms with Crippen LogP contribution < -0.4 is 0 Å². The van der Waals surface area contributed by atoms with E-state index < -0.39 is 0 Å². The molecule has 0 saturated heterocycles. The van der Waals surface area contributed by atoms with Crippen LogP contribution in [0.1, 0.15) is 76.0 Å². The SMILES string of the molecule is CC(=O)/C=C(/C)O.CCCCCCc1ccc(-c2[c-]ccc3c2CCCC3)nc1.[Ir]. The largest absolute Gasteiger partial charge is 0.512 e. The summed E-state index contributed by atoms with van der Waals surface area (Å²) in [4.78, 5) is 14.7. The first-order valence-corrected chi connectivity index (χ1v) is 10.9. The van der Waals surface area contributed by atoms with Gasteiger partial charge in [-0.2, -0.15) is 0 Å². The number of hydrogen-bond donors (Lipinski definition) is 1. The molecular formula is C26H34IrNO2-. The van der Waals surface area contributed by atoms with Gasteiger partial charge < -0.3 is 10.1 Å². The van der Waals surface area contributed by atoms with Crippen LogP contribution in [0.4, 0.5) is 0 Å². The molecule has 1 heterocycles. The number of hydrogen-bond acceptors (Lipinski definition) is 3. The van der Waals surface area contributed by atoms with Crippen molar-refractivity contribution in [2.24, 2.45) is 0 Å². The molecule has 1 aliphatic carbocycles. The van der Waals surface area contributed by atoms with Gasteiger partial charge in [0.05, 0.1) is 5.76 Å². The first kappa shape index (κ1) is 26.3. The Balaban J connectivity index is 0.000000489. The maximum absolute atomic E-state index is 10.0. The van der Waals surface area contributed by atoms with Crippen molar-refractivity contribution >= 4 is 5.78 Å². The van der Waals surface area contributed by atoms with Crippen LogP contribution in [0.2, 0.25) is 0 Å². The monoisotopic (exact) mass is 585 g/mol. The Kier molecular flexibility index (Phi) is 12.5. The second-order valence-electron chi connectivity index (χ2n) is 7.82. The maximum atomic E-state index is 10.0. The van der Waals surface area contributed by atoms with Crippen molar-refractivity contribution in [2.75, 3.05) is 0 Å². The van der Waals surface area contributed by atoms with Gasteiger partial charge in [0.25, 0.3) is 0 Å². The third-order valence-corrected chi connectivity index (χ3v) is 5.14. The molecule has 3 rings (SSSR count). The third-order valence-electron chi connectivity index (χ3n) is 5.14. The summed E-state index contributed by atoms with van der Waals surface area (Å²) in [5.41, 5.74) is 6.68. The van der Waals surface area contributed by atoms with Crippen LogP contribution in [0.15, 0.2) is 42.3 Å². The minimum atomic E-state index is -0.125. The quantitative estimate of drug-likeness (QED) is 0.173. The third kappa shape index (κ3) is 8.93. The Hall–Kier alpha value is -1.77. The van der Waals surface area contributed by atoms with Crippen LogP contribution in [0, 0.1) is 6.07 Å². The summed E-state index contributed by atoms with van der Waals surface area (Å²) in [6, 6.07) is 12.2. The van der Waals surface area contributed by atoms with Crippen LogP contribution in [0.3, 0.4) is 0 Å². The molecule has 165 valence electrons. The van der Waals surface area contributed by atoms with Crippen LogP contribution in [0.5, 0.6) is 0 Å². The van der Waals surface area contributed by atoms with E-state index >= 15 is 0 Å². The predicted molar refractivity (Wildman–Crippen MR) is 120 cm³/mol. The van der Waals surface area contributed by atoms with E-state index in [1.807, 2.05) is 0 Å². The molecular weight excluding hydrogens is 551 g/mol. The van der Waals surface area contributed by atoms with Crippen molar-refractivity contribution in [3.63, 3.8) is 0 Å². The zero-order chi connectivity index (χ0) is 21.1. The molecule has 30 heavy (non-hydrogen) atoms. The van der Waals surface area contributed by atoms with E-state index in [0.29, 0.717) is 0 Å². The first-order valence-electron chi connectivity index (χ1n) is 10.9. The molecule has 0 bridgehead atoms. The van der Waals surface area contributed by atoms with E-state index in [0.717, 1.165) is 12.1 Å². The van der Waals surface area contributed by atoms with Gasteiger partial charge in [0.2, 0.25) is 0 Å². The molecule has 0 unspecified atom stereocenters. The maximum Gasteiger partial charge on any atom is 0.155 e. The van der Waals surface area contributed by atoms with Gasteiger partial charge in [-0.25, -0.2) is 0 Å². The molecule has 0 atom stereocenters. The van der Waals surface area contributed by atoms with E-state index in [4.69, 9.17) is 10.1 Å². The smallest absolute Gasteiger partial charge is 0.155 e. The number of fused-ring (bicyclic) bond motifs is 1. The fourth-order valence-electron chi connectivity index (χ4n) is 3.71. The molecule has 0 saturated carbocycles. The Morgan fingerprint density at radius 3 is 2.50 bits per heavy atom. The fraction of sp³-hybridized carbons (Fsp3) is 0.462. The Morgan fingerprint density at radius 1 is 1.13 bits per heavy atom. The molecule has 1 aromatic carbocycles. The van der Waals surface area contributed by atoms with Gasteiger partial charge >= 0.3 is 0 Å². The number of aryl methyl sites for hydroxylation is 2. The van der Waals surface area contributed by atoms with Crippen molar-refractivity contribution in [1.82, 2.24) is 4.98 Å². The van der Waals surface area contributed by atoms with Gasteiger partial charge in [-0.1, -0.05) is 57.6 Å². The number of nitrogens with zero attached hydrogens (tertiary/aromatic N) is 1. The van der Waals surface area contributed by atoms with Gasteiger partial charge in [-0.3, -0.25) is 4.79 Å². The average molecular weight is 585 g/mol. The number of ketones is 1. The van der Waals surface area contributed by atoms with E-state index in [2.05, 4.69) is 43.5 Å². The summed E-state index contributed by atoms with van der Waals surface area (Å²) < 4.78 is 0. The molecule has 0 aliphatic heterocycles. The molecule has 0 amide bonds. The molecule has 0 fully saturated rings. The molecule has 1 aromatic heterocycles. The summed E-state index contributed by atoms with van der Waals surface area (Å²) in [6.45, 7) is 5.11. The Bertz CT molecular complexity index is 808. The average Bonchev–Trinajstić information content (AvgIpc) is 2.71. The molecule has 4 heteroatoms. The number of unbranched alkanes of at least 4 members (excludes halogenated alkanes) is 3. The van der Waals surface area contributed by atoms with Crippen LogP contribution >= 0.6 is 0 Å². The van der Waals surface area contributed by atoms with Gasteiger partial charge in [0.1, 0.15) is 0 Å². The number of carbonyl (C=O) groups is 1. The first-order chi connectivity index (χ1) is 14.0. The number of benzene rings is 1. The van der Waals surface area contributed by atoms with E-state index in [1.54, 1.807) is 0 Å². The number of aromatic nitrogens is 1. The summed E-state index contributed by atoms with van der Waals surface area (Å²) in [5, 5.41) is 8.36. The minimum absolute atomic E-state index is 0. The zero-order valence-corrected chi connectivity index (χ0v) is 20.9. The number of allylic oxidation sites excluding steroid dienone is 2. The number of carbonyl (C=O) groups excluding carboxylic acids is 1. The summed E-state index contributed by atoms with van der Waals surface area (Å²) >= 11 is 0. The predicted octanol–water partition coefficient (Wildman–Crippen LogP) is 6.59. The Morgan fingerprint density at radius 2 is 1.90 bits per heavy atom. The van der Waals surface area contributed by atoms with Crippen molar-refractivity contribution in [3.8, 4) is 11.3 Å². The fourth-order valence-corrected chi connectivity index (χ4v) is 3.71. The molecule has 3 nitrogen and oxygen atoms in total. The van der Waals surface area contributed by atoms with Crippen LogP contribution in [0.25, 0.3) is 11.3 Å². The normalized spacial score (nSPS) is 12.8. The summed E-state index contributed by atoms with van der Waals surface area (Å²) in [7, 11) is 0. The molecule has 2 aromatic rings. The molecule has 0 spiro atoms. The van der Waals surface area contributed by atoms with E-state index in [1.165, 1.54) is 93.5 Å². The number of pyridine rings is 1. The second-order valence-corrected chi connectivity index (χ2v) is 7.82. The van der Waals surface area contributed by atoms with E-state index in [-0.39, 0.29) is 31.6 Å². The van der Waals surface area contributed by atoms with Crippen molar-refractivity contribution in [2.45, 2.75) is 78.6 Å². The van der Waals surface area contributed by atoms with Gasteiger partial charge in [0.15, 0.2) is 5.78 Å². The van der Waals surface area contributed by atoms with Gasteiger partial charge in [0, 0.05) is 32.4 Å². The van der Waals surface area contributed by atoms with Crippen molar-refractivity contribution < 1.29 is 30.0 Å². The minimum Gasteiger partial charge on any atom is -0.512 e.